The van der Waals surface area contributed by atoms with Gasteiger partial charge in [-0.05, 0) is 19.4 Å². The van der Waals surface area contributed by atoms with Crippen molar-refractivity contribution in [2.45, 2.75) is 31.6 Å². The van der Waals surface area contributed by atoms with Crippen molar-refractivity contribution in [1.82, 2.24) is 4.90 Å². The van der Waals surface area contributed by atoms with E-state index in [1.807, 2.05) is 0 Å². The maximum atomic E-state index is 5.87. The third-order valence-electron chi connectivity index (χ3n) is 3.00. The van der Waals surface area contributed by atoms with Crippen LogP contribution in [0.4, 0.5) is 0 Å². The number of hydrogen-bond donors (Lipinski definition) is 0. The Kier molecular flexibility index (Phi) is 4.03. The fourth-order valence-corrected chi connectivity index (χ4v) is 2.49. The summed E-state index contributed by atoms with van der Waals surface area (Å²) in [6, 6.07) is 0.358. The summed E-state index contributed by atoms with van der Waals surface area (Å²) in [4.78, 5) is 2.33. The van der Waals surface area contributed by atoms with E-state index in [2.05, 4.69) is 11.5 Å². The molecule has 0 saturated carbocycles. The molecule has 3 nitrogen and oxygen atoms in total. The standard InChI is InChI=1S/C11H18ClNO2/c1-9(12)8-13-5-3-2-4-10(13)11-14-6-7-15-11/h10-11H,1-8H2/t10-/m0/s1. The topological polar surface area (TPSA) is 21.7 Å². The van der Waals surface area contributed by atoms with Crippen molar-refractivity contribution in [3.8, 4) is 0 Å². The highest BCUT2D eigenvalue weighted by molar-refractivity contribution is 6.29. The largest absolute Gasteiger partial charge is 0.349 e. The first kappa shape index (κ1) is 11.4. The molecule has 0 aromatic rings. The van der Waals surface area contributed by atoms with Crippen molar-refractivity contribution in [2.75, 3.05) is 26.3 Å². The molecule has 2 heterocycles. The highest BCUT2D eigenvalue weighted by Crippen LogP contribution is 2.25. The molecule has 4 heteroatoms. The third-order valence-corrected chi connectivity index (χ3v) is 3.12. The van der Waals surface area contributed by atoms with E-state index in [1.165, 1.54) is 12.8 Å². The van der Waals surface area contributed by atoms with Gasteiger partial charge in [-0.3, -0.25) is 4.90 Å². The molecule has 2 fully saturated rings. The maximum Gasteiger partial charge on any atom is 0.173 e. The second-order valence-electron chi connectivity index (χ2n) is 4.16. The van der Waals surface area contributed by atoms with E-state index in [0.717, 1.165) is 32.7 Å². The molecule has 0 N–H and O–H groups in total. The Morgan fingerprint density at radius 2 is 2.07 bits per heavy atom. The second kappa shape index (κ2) is 5.30. The molecule has 86 valence electrons. The van der Waals surface area contributed by atoms with Crippen LogP contribution in [0.3, 0.4) is 0 Å². The van der Waals surface area contributed by atoms with Crippen LogP contribution in [0.2, 0.25) is 0 Å². The summed E-state index contributed by atoms with van der Waals surface area (Å²) >= 11 is 5.87. The van der Waals surface area contributed by atoms with E-state index in [1.54, 1.807) is 0 Å². The van der Waals surface area contributed by atoms with Gasteiger partial charge in [0.25, 0.3) is 0 Å². The summed E-state index contributed by atoms with van der Waals surface area (Å²) < 4.78 is 11.1. The molecule has 0 aliphatic carbocycles. The molecule has 2 saturated heterocycles. The summed E-state index contributed by atoms with van der Waals surface area (Å²) in [6.07, 6.45) is 3.56. The van der Waals surface area contributed by atoms with Crippen LogP contribution in [0.1, 0.15) is 19.3 Å². The maximum absolute atomic E-state index is 5.87. The number of ether oxygens (including phenoxy) is 2. The molecular weight excluding hydrogens is 214 g/mol. The lowest BCUT2D eigenvalue weighted by Crippen LogP contribution is -2.47. The molecule has 2 aliphatic heterocycles. The Morgan fingerprint density at radius 3 is 2.73 bits per heavy atom. The lowest BCUT2D eigenvalue weighted by atomic mass is 10.0. The number of likely N-dealkylation sites (tertiary alicyclic amines) is 1. The van der Waals surface area contributed by atoms with Gasteiger partial charge < -0.3 is 9.47 Å². The van der Waals surface area contributed by atoms with Crippen LogP contribution in [0.25, 0.3) is 0 Å². The molecule has 0 spiro atoms. The molecular formula is C11H18ClNO2. The van der Waals surface area contributed by atoms with E-state index >= 15 is 0 Å². The average Bonchev–Trinajstić information content (AvgIpc) is 2.70. The minimum atomic E-state index is -0.0543. The van der Waals surface area contributed by atoms with Gasteiger partial charge in [-0.25, -0.2) is 0 Å². The highest BCUT2D eigenvalue weighted by atomic mass is 35.5. The Bertz CT molecular complexity index is 229. The minimum absolute atomic E-state index is 0.0543. The Hall–Kier alpha value is -0.0900. The summed E-state index contributed by atoms with van der Waals surface area (Å²) in [5, 5.41) is 0.694. The molecule has 0 bridgehead atoms. The van der Waals surface area contributed by atoms with Crippen molar-refractivity contribution in [3.05, 3.63) is 11.6 Å². The number of rotatable bonds is 3. The predicted octanol–water partition coefficient (Wildman–Crippen LogP) is 1.97. The van der Waals surface area contributed by atoms with E-state index in [9.17, 15) is 0 Å². The van der Waals surface area contributed by atoms with Gasteiger partial charge in [-0.1, -0.05) is 24.6 Å². The van der Waals surface area contributed by atoms with Crippen molar-refractivity contribution < 1.29 is 9.47 Å². The summed E-state index contributed by atoms with van der Waals surface area (Å²) in [7, 11) is 0. The zero-order chi connectivity index (χ0) is 10.7. The number of halogens is 1. The number of nitrogens with zero attached hydrogens (tertiary/aromatic N) is 1. The normalized spacial score (nSPS) is 29.5. The minimum Gasteiger partial charge on any atom is -0.349 e. The van der Waals surface area contributed by atoms with Crippen molar-refractivity contribution in [2.24, 2.45) is 0 Å². The number of hydrogen-bond acceptors (Lipinski definition) is 3. The Balaban J connectivity index is 1.95. The van der Waals surface area contributed by atoms with Crippen molar-refractivity contribution >= 4 is 11.6 Å². The van der Waals surface area contributed by atoms with Crippen LogP contribution in [0, 0.1) is 0 Å². The molecule has 0 amide bonds. The van der Waals surface area contributed by atoms with Gasteiger partial charge in [0, 0.05) is 11.6 Å². The lowest BCUT2D eigenvalue weighted by Gasteiger charge is -2.37. The summed E-state index contributed by atoms with van der Waals surface area (Å²) in [6.45, 7) is 7.01. The van der Waals surface area contributed by atoms with E-state index in [0.29, 0.717) is 11.1 Å². The van der Waals surface area contributed by atoms with Crippen LogP contribution < -0.4 is 0 Å². The molecule has 0 aromatic heterocycles. The van der Waals surface area contributed by atoms with Gasteiger partial charge in [0.1, 0.15) is 0 Å². The first-order valence-corrected chi connectivity index (χ1v) is 5.96. The Morgan fingerprint density at radius 1 is 1.33 bits per heavy atom. The average molecular weight is 232 g/mol. The van der Waals surface area contributed by atoms with Crippen LogP contribution in [0.15, 0.2) is 11.6 Å². The first-order chi connectivity index (χ1) is 7.27. The summed E-state index contributed by atoms with van der Waals surface area (Å²) in [5.41, 5.74) is 0. The zero-order valence-electron chi connectivity index (χ0n) is 8.95. The fourth-order valence-electron chi connectivity index (χ4n) is 2.34. The third kappa shape index (κ3) is 2.94. The van der Waals surface area contributed by atoms with Gasteiger partial charge >= 0.3 is 0 Å². The molecule has 0 aromatic carbocycles. The lowest BCUT2D eigenvalue weighted by molar-refractivity contribution is -0.107. The van der Waals surface area contributed by atoms with Crippen molar-refractivity contribution in [1.29, 1.82) is 0 Å². The Labute approximate surface area is 96.0 Å². The van der Waals surface area contributed by atoms with E-state index < -0.39 is 0 Å². The molecule has 2 rings (SSSR count). The zero-order valence-corrected chi connectivity index (χ0v) is 9.71. The van der Waals surface area contributed by atoms with Crippen LogP contribution in [-0.4, -0.2) is 43.5 Å². The molecule has 15 heavy (non-hydrogen) atoms. The van der Waals surface area contributed by atoms with Gasteiger partial charge in [-0.2, -0.15) is 0 Å². The van der Waals surface area contributed by atoms with Crippen LogP contribution in [0.5, 0.6) is 0 Å². The van der Waals surface area contributed by atoms with E-state index in [-0.39, 0.29) is 6.29 Å². The monoisotopic (exact) mass is 231 g/mol. The van der Waals surface area contributed by atoms with Crippen LogP contribution in [-0.2, 0) is 9.47 Å². The molecule has 2 aliphatic rings. The van der Waals surface area contributed by atoms with Crippen molar-refractivity contribution in [3.63, 3.8) is 0 Å². The van der Waals surface area contributed by atoms with Crippen LogP contribution >= 0.6 is 11.6 Å². The number of piperidine rings is 1. The highest BCUT2D eigenvalue weighted by Gasteiger charge is 2.33. The van der Waals surface area contributed by atoms with Gasteiger partial charge in [-0.15, -0.1) is 0 Å². The van der Waals surface area contributed by atoms with Gasteiger partial charge in [0.15, 0.2) is 6.29 Å². The SMILES string of the molecule is C=C(Cl)CN1CCCC[C@H]1C1OCCO1. The first-order valence-electron chi connectivity index (χ1n) is 5.58. The van der Waals surface area contributed by atoms with E-state index in [4.69, 9.17) is 21.1 Å². The van der Waals surface area contributed by atoms with Gasteiger partial charge in [0.05, 0.1) is 19.3 Å². The second-order valence-corrected chi connectivity index (χ2v) is 4.70. The molecule has 0 radical (unpaired) electrons. The fraction of sp³-hybridized carbons (Fsp3) is 0.818. The predicted molar refractivity (Wildman–Crippen MR) is 59.9 cm³/mol. The summed E-state index contributed by atoms with van der Waals surface area (Å²) in [5.74, 6) is 0. The molecule has 0 unspecified atom stereocenters. The van der Waals surface area contributed by atoms with Gasteiger partial charge in [0.2, 0.25) is 0 Å². The molecule has 1 atom stereocenters. The smallest absolute Gasteiger partial charge is 0.173 e. The quantitative estimate of drug-likeness (QED) is 0.741.